The van der Waals surface area contributed by atoms with Gasteiger partial charge in [-0.2, -0.15) is 0 Å². The number of carbonyl (C=O) groups is 2. The van der Waals surface area contributed by atoms with E-state index < -0.39 is 11.8 Å². The quantitative estimate of drug-likeness (QED) is 0.776. The molecule has 1 aromatic rings. The molecule has 2 aliphatic rings. The summed E-state index contributed by atoms with van der Waals surface area (Å²) in [7, 11) is 0. The van der Waals surface area contributed by atoms with Crippen LogP contribution in [-0.4, -0.2) is 55.6 Å². The van der Waals surface area contributed by atoms with Crippen LogP contribution in [0.5, 0.6) is 0 Å². The second-order valence-corrected chi connectivity index (χ2v) is 7.50. The van der Waals surface area contributed by atoms with Crippen molar-refractivity contribution < 1.29 is 14.3 Å². The Bertz CT molecular complexity index is 535. The largest absolute Gasteiger partial charge is 0.380 e. The Balaban J connectivity index is 1.32. The SMILES string of the molecule is O=C(NCc1cccs1)C(=O)NCC1CCN([C@H]2CCOC2)CC1. The molecule has 0 aromatic carbocycles. The predicted molar refractivity (Wildman–Crippen MR) is 92.7 cm³/mol. The zero-order valence-corrected chi connectivity index (χ0v) is 14.6. The van der Waals surface area contributed by atoms with E-state index in [9.17, 15) is 9.59 Å². The number of nitrogens with zero attached hydrogens (tertiary/aromatic N) is 1. The highest BCUT2D eigenvalue weighted by Gasteiger charge is 2.28. The second kappa shape index (κ2) is 8.60. The van der Waals surface area contributed by atoms with Crippen molar-refractivity contribution in [3.63, 3.8) is 0 Å². The average molecular weight is 351 g/mol. The van der Waals surface area contributed by atoms with Crippen molar-refractivity contribution in [1.82, 2.24) is 15.5 Å². The number of carbonyl (C=O) groups excluding carboxylic acids is 2. The molecular weight excluding hydrogens is 326 g/mol. The van der Waals surface area contributed by atoms with Crippen LogP contribution < -0.4 is 10.6 Å². The van der Waals surface area contributed by atoms with Crippen LogP contribution in [0, 0.1) is 5.92 Å². The van der Waals surface area contributed by atoms with Gasteiger partial charge in [-0.3, -0.25) is 14.5 Å². The topological polar surface area (TPSA) is 70.7 Å². The summed E-state index contributed by atoms with van der Waals surface area (Å²) in [5, 5.41) is 7.38. The first-order valence-corrected chi connectivity index (χ1v) is 9.50. The van der Waals surface area contributed by atoms with Gasteiger partial charge in [0.2, 0.25) is 0 Å². The Morgan fingerprint density at radius 3 is 2.67 bits per heavy atom. The zero-order chi connectivity index (χ0) is 16.8. The smallest absolute Gasteiger partial charge is 0.309 e. The molecule has 0 bridgehead atoms. The Labute approximate surface area is 146 Å². The lowest BCUT2D eigenvalue weighted by molar-refractivity contribution is -0.139. The van der Waals surface area contributed by atoms with Gasteiger partial charge in [0.25, 0.3) is 0 Å². The number of rotatable bonds is 5. The van der Waals surface area contributed by atoms with Gasteiger partial charge < -0.3 is 15.4 Å². The first-order valence-electron chi connectivity index (χ1n) is 8.62. The number of thiophene rings is 1. The lowest BCUT2D eigenvalue weighted by Crippen LogP contribution is -2.45. The van der Waals surface area contributed by atoms with Crippen molar-refractivity contribution in [3.05, 3.63) is 22.4 Å². The van der Waals surface area contributed by atoms with E-state index in [-0.39, 0.29) is 0 Å². The third-order valence-corrected chi connectivity index (χ3v) is 5.71. The van der Waals surface area contributed by atoms with Gasteiger partial charge in [-0.1, -0.05) is 6.07 Å². The summed E-state index contributed by atoms with van der Waals surface area (Å²) in [5.74, 6) is -0.625. The van der Waals surface area contributed by atoms with E-state index in [1.807, 2.05) is 17.5 Å². The van der Waals surface area contributed by atoms with Gasteiger partial charge >= 0.3 is 11.8 Å². The third kappa shape index (κ3) is 4.78. The Morgan fingerprint density at radius 1 is 1.21 bits per heavy atom. The number of amides is 2. The molecule has 6 nitrogen and oxygen atoms in total. The molecule has 132 valence electrons. The van der Waals surface area contributed by atoms with Crippen LogP contribution in [0.2, 0.25) is 0 Å². The highest BCUT2D eigenvalue weighted by Crippen LogP contribution is 2.21. The van der Waals surface area contributed by atoms with Gasteiger partial charge in [-0.25, -0.2) is 0 Å². The summed E-state index contributed by atoms with van der Waals surface area (Å²) in [6.45, 7) is 4.83. The van der Waals surface area contributed by atoms with Crippen LogP contribution in [0.15, 0.2) is 17.5 Å². The van der Waals surface area contributed by atoms with E-state index in [0.717, 1.165) is 50.4 Å². The molecule has 3 heterocycles. The number of piperidine rings is 1. The lowest BCUT2D eigenvalue weighted by Gasteiger charge is -2.35. The summed E-state index contributed by atoms with van der Waals surface area (Å²) >= 11 is 1.56. The minimum atomic E-state index is -0.552. The molecule has 2 fully saturated rings. The number of hydrogen-bond acceptors (Lipinski definition) is 5. The maximum atomic E-state index is 11.9. The molecule has 1 aromatic heterocycles. The van der Waals surface area contributed by atoms with E-state index in [1.54, 1.807) is 11.3 Å². The summed E-state index contributed by atoms with van der Waals surface area (Å²) in [6, 6.07) is 4.44. The molecule has 2 aliphatic heterocycles. The molecule has 0 spiro atoms. The van der Waals surface area contributed by atoms with Crippen molar-refractivity contribution >= 4 is 23.2 Å². The molecule has 24 heavy (non-hydrogen) atoms. The van der Waals surface area contributed by atoms with Crippen LogP contribution in [0.3, 0.4) is 0 Å². The van der Waals surface area contributed by atoms with Crippen molar-refractivity contribution in [1.29, 1.82) is 0 Å². The van der Waals surface area contributed by atoms with E-state index >= 15 is 0 Å². The van der Waals surface area contributed by atoms with E-state index in [1.165, 1.54) is 0 Å². The Kier molecular flexibility index (Phi) is 6.23. The van der Waals surface area contributed by atoms with Crippen LogP contribution >= 0.6 is 11.3 Å². The molecule has 0 aliphatic carbocycles. The Hall–Kier alpha value is -1.44. The molecular formula is C17H25N3O3S. The van der Waals surface area contributed by atoms with Crippen LogP contribution in [-0.2, 0) is 20.9 Å². The summed E-state index contributed by atoms with van der Waals surface area (Å²) in [6.07, 6.45) is 3.26. The molecule has 7 heteroatoms. The number of hydrogen-bond donors (Lipinski definition) is 2. The van der Waals surface area contributed by atoms with Crippen LogP contribution in [0.1, 0.15) is 24.1 Å². The number of ether oxygens (including phenoxy) is 1. The summed E-state index contributed by atoms with van der Waals surface area (Å²) < 4.78 is 5.45. The van der Waals surface area contributed by atoms with Crippen molar-refractivity contribution in [2.75, 3.05) is 32.8 Å². The first-order chi connectivity index (χ1) is 11.7. The van der Waals surface area contributed by atoms with Gasteiger partial charge in [0, 0.05) is 24.1 Å². The summed E-state index contributed by atoms with van der Waals surface area (Å²) in [4.78, 5) is 27.2. The zero-order valence-electron chi connectivity index (χ0n) is 13.8. The van der Waals surface area contributed by atoms with Crippen LogP contribution in [0.4, 0.5) is 0 Å². The number of nitrogens with one attached hydrogen (secondary N) is 2. The van der Waals surface area contributed by atoms with Gasteiger partial charge in [-0.15, -0.1) is 11.3 Å². The second-order valence-electron chi connectivity index (χ2n) is 6.47. The van der Waals surface area contributed by atoms with Crippen molar-refractivity contribution in [2.45, 2.75) is 31.8 Å². The summed E-state index contributed by atoms with van der Waals surface area (Å²) in [5.41, 5.74) is 0. The average Bonchev–Trinajstić information content (AvgIpc) is 3.31. The predicted octanol–water partition coefficient (Wildman–Crippen LogP) is 0.981. The normalized spacial score (nSPS) is 22.4. The van der Waals surface area contributed by atoms with E-state index in [0.29, 0.717) is 25.0 Å². The highest BCUT2D eigenvalue weighted by atomic mass is 32.1. The molecule has 3 rings (SSSR count). The van der Waals surface area contributed by atoms with E-state index in [4.69, 9.17) is 4.74 Å². The third-order valence-electron chi connectivity index (χ3n) is 4.83. The molecule has 2 saturated heterocycles. The maximum absolute atomic E-state index is 11.9. The minimum Gasteiger partial charge on any atom is -0.380 e. The fourth-order valence-corrected chi connectivity index (χ4v) is 3.95. The Morgan fingerprint density at radius 2 is 2.00 bits per heavy atom. The fourth-order valence-electron chi connectivity index (χ4n) is 3.31. The molecule has 2 N–H and O–H groups in total. The van der Waals surface area contributed by atoms with Crippen molar-refractivity contribution in [3.8, 4) is 0 Å². The van der Waals surface area contributed by atoms with Crippen molar-refractivity contribution in [2.24, 2.45) is 5.92 Å². The lowest BCUT2D eigenvalue weighted by atomic mass is 9.95. The highest BCUT2D eigenvalue weighted by molar-refractivity contribution is 7.09. The van der Waals surface area contributed by atoms with Crippen LogP contribution in [0.25, 0.3) is 0 Å². The number of likely N-dealkylation sites (tertiary alicyclic amines) is 1. The monoisotopic (exact) mass is 351 g/mol. The van der Waals surface area contributed by atoms with Gasteiger partial charge in [0.15, 0.2) is 0 Å². The molecule has 0 radical (unpaired) electrons. The van der Waals surface area contributed by atoms with E-state index in [2.05, 4.69) is 15.5 Å². The minimum absolute atomic E-state index is 0.409. The standard InChI is InChI=1S/C17H25N3O3S/c21-16(17(22)19-11-15-2-1-9-24-15)18-10-13-3-6-20(7-4-13)14-5-8-23-12-14/h1-2,9,13-14H,3-8,10-12H2,(H,18,21)(H,19,22)/t14-/m0/s1. The van der Waals surface area contributed by atoms with Gasteiger partial charge in [-0.05, 0) is 49.7 Å². The fraction of sp³-hybridized carbons (Fsp3) is 0.647. The van der Waals surface area contributed by atoms with Gasteiger partial charge in [0.05, 0.1) is 13.2 Å². The molecule has 2 amide bonds. The molecule has 0 unspecified atom stereocenters. The maximum Gasteiger partial charge on any atom is 0.309 e. The van der Waals surface area contributed by atoms with Gasteiger partial charge in [0.1, 0.15) is 0 Å². The molecule has 0 saturated carbocycles. The first kappa shape index (κ1) is 17.4. The molecule has 1 atom stereocenters.